The van der Waals surface area contributed by atoms with E-state index in [4.69, 9.17) is 10.5 Å². The minimum absolute atomic E-state index is 0.0947. The van der Waals surface area contributed by atoms with Crippen molar-refractivity contribution < 1.29 is 26.9 Å². The third-order valence-electron chi connectivity index (χ3n) is 2.32. The van der Waals surface area contributed by atoms with E-state index < -0.39 is 23.6 Å². The van der Waals surface area contributed by atoms with E-state index in [1.165, 1.54) is 7.11 Å². The number of methoxy groups -OCH3 is 1. The molecule has 0 saturated carbocycles. The van der Waals surface area contributed by atoms with Crippen molar-refractivity contribution in [1.82, 2.24) is 0 Å². The molecule has 0 aromatic heterocycles. The van der Waals surface area contributed by atoms with E-state index in [9.17, 15) is 17.4 Å². The lowest BCUT2D eigenvalue weighted by Crippen LogP contribution is -2.18. The molecule has 0 aliphatic carbocycles. The summed E-state index contributed by atoms with van der Waals surface area (Å²) in [6, 6.07) is 4.73. The van der Waals surface area contributed by atoms with Crippen molar-refractivity contribution in [3.63, 3.8) is 0 Å². The summed E-state index contributed by atoms with van der Waals surface area (Å²) in [5.41, 5.74) is 6.06. The molecule has 114 valence electrons. The van der Waals surface area contributed by atoms with Crippen molar-refractivity contribution in [3.8, 4) is 5.75 Å². The Hall–Kier alpha value is -1.28. The summed E-state index contributed by atoms with van der Waals surface area (Å²) in [4.78, 5) is 0.470. The second-order valence-electron chi connectivity index (χ2n) is 3.98. The molecule has 4 nitrogen and oxygen atoms in total. The summed E-state index contributed by atoms with van der Waals surface area (Å²) in [7, 11) is 0.0629. The molecule has 8 heteroatoms. The van der Waals surface area contributed by atoms with Gasteiger partial charge in [-0.2, -0.15) is 13.2 Å². The normalized spacial score (nSPS) is 13.2. The summed E-state index contributed by atoms with van der Waals surface area (Å²) >= 11 is 0. The van der Waals surface area contributed by atoms with Crippen LogP contribution in [0.25, 0.3) is 0 Å². The fraction of sp³-hybridized carbons (Fsp3) is 0.500. The van der Waals surface area contributed by atoms with Gasteiger partial charge in [0.05, 0.1) is 22.8 Å². The molecule has 1 aromatic carbocycles. The van der Waals surface area contributed by atoms with Crippen molar-refractivity contribution in [2.45, 2.75) is 17.5 Å². The molecule has 0 amide bonds. The van der Waals surface area contributed by atoms with Crippen LogP contribution >= 0.6 is 0 Å². The molecule has 20 heavy (non-hydrogen) atoms. The van der Waals surface area contributed by atoms with Crippen LogP contribution in [0.5, 0.6) is 5.75 Å². The SMILES string of the molecule is COc1cc(N)ccc1S(=O)CCCOCC(F)(F)F. The van der Waals surface area contributed by atoms with Gasteiger partial charge in [0.25, 0.3) is 0 Å². The largest absolute Gasteiger partial charge is 0.495 e. The molecule has 0 spiro atoms. The number of halogens is 3. The Kier molecular flexibility index (Phi) is 6.28. The van der Waals surface area contributed by atoms with Gasteiger partial charge in [0.2, 0.25) is 0 Å². The third-order valence-corrected chi connectivity index (χ3v) is 3.80. The van der Waals surface area contributed by atoms with Gasteiger partial charge < -0.3 is 15.2 Å². The Labute approximate surface area is 117 Å². The predicted octanol–water partition coefficient (Wildman–Crippen LogP) is 2.35. The molecule has 0 heterocycles. The molecular weight excluding hydrogens is 295 g/mol. The van der Waals surface area contributed by atoms with Crippen LogP contribution in [-0.2, 0) is 15.5 Å². The fourth-order valence-electron chi connectivity index (χ4n) is 1.46. The highest BCUT2D eigenvalue weighted by Gasteiger charge is 2.27. The monoisotopic (exact) mass is 311 g/mol. The zero-order valence-electron chi connectivity index (χ0n) is 10.9. The number of hydrogen-bond donors (Lipinski definition) is 1. The number of nitrogen functional groups attached to an aromatic ring is 1. The van der Waals surface area contributed by atoms with Gasteiger partial charge in [-0.25, -0.2) is 0 Å². The Balaban J connectivity index is 2.44. The van der Waals surface area contributed by atoms with Crippen LogP contribution in [0.15, 0.2) is 23.1 Å². The Morgan fingerprint density at radius 2 is 2.05 bits per heavy atom. The van der Waals surface area contributed by atoms with Gasteiger partial charge >= 0.3 is 6.18 Å². The van der Waals surface area contributed by atoms with Gasteiger partial charge in [-0.1, -0.05) is 0 Å². The van der Waals surface area contributed by atoms with Gasteiger partial charge in [0, 0.05) is 24.1 Å². The minimum atomic E-state index is -4.33. The van der Waals surface area contributed by atoms with Gasteiger partial charge in [0.1, 0.15) is 12.4 Å². The van der Waals surface area contributed by atoms with Crippen molar-refractivity contribution in [2.75, 3.05) is 31.8 Å². The highest BCUT2D eigenvalue weighted by molar-refractivity contribution is 7.85. The minimum Gasteiger partial charge on any atom is -0.495 e. The summed E-state index contributed by atoms with van der Waals surface area (Å²) in [5, 5.41) is 0. The number of nitrogens with two attached hydrogens (primary N) is 1. The lowest BCUT2D eigenvalue weighted by molar-refractivity contribution is -0.173. The number of rotatable bonds is 7. The zero-order chi connectivity index (χ0) is 15.2. The second kappa shape index (κ2) is 7.49. The first kappa shape index (κ1) is 16.8. The average molecular weight is 311 g/mol. The van der Waals surface area contributed by atoms with Crippen LogP contribution in [0.3, 0.4) is 0 Å². The van der Waals surface area contributed by atoms with Crippen LogP contribution in [0.2, 0.25) is 0 Å². The van der Waals surface area contributed by atoms with Crippen molar-refractivity contribution in [2.24, 2.45) is 0 Å². The van der Waals surface area contributed by atoms with Crippen molar-refractivity contribution >= 4 is 16.5 Å². The van der Waals surface area contributed by atoms with E-state index in [0.29, 0.717) is 16.3 Å². The molecule has 0 fully saturated rings. The zero-order valence-corrected chi connectivity index (χ0v) is 11.7. The van der Waals surface area contributed by atoms with Gasteiger partial charge in [-0.05, 0) is 18.6 Å². The third kappa shape index (κ3) is 5.79. The number of hydrogen-bond acceptors (Lipinski definition) is 4. The van der Waals surface area contributed by atoms with E-state index in [2.05, 4.69) is 4.74 Å². The second-order valence-corrected chi connectivity index (χ2v) is 5.52. The van der Waals surface area contributed by atoms with Crippen LogP contribution < -0.4 is 10.5 Å². The lowest BCUT2D eigenvalue weighted by atomic mass is 10.3. The van der Waals surface area contributed by atoms with Crippen LogP contribution in [0, 0.1) is 0 Å². The summed E-state index contributed by atoms with van der Waals surface area (Å²) < 4.78 is 57.0. The standard InChI is InChI=1S/C12H16F3NO3S/c1-18-10-7-9(16)3-4-11(10)20(17)6-2-5-19-8-12(13,14)15/h3-4,7H,2,5-6,8,16H2,1H3. The smallest absolute Gasteiger partial charge is 0.411 e. The van der Waals surface area contributed by atoms with Gasteiger partial charge in [-0.3, -0.25) is 4.21 Å². The Morgan fingerprint density at radius 1 is 1.35 bits per heavy atom. The molecule has 0 radical (unpaired) electrons. The molecule has 2 N–H and O–H groups in total. The van der Waals surface area contributed by atoms with Crippen molar-refractivity contribution in [1.29, 1.82) is 0 Å². The summed E-state index contributed by atoms with van der Waals surface area (Å²) in [6.07, 6.45) is -4.07. The number of benzene rings is 1. The average Bonchev–Trinajstić information content (AvgIpc) is 2.36. The number of ether oxygens (including phenoxy) is 2. The first-order valence-corrected chi connectivity index (χ1v) is 7.12. The predicted molar refractivity (Wildman–Crippen MR) is 70.2 cm³/mol. The fourth-order valence-corrected chi connectivity index (χ4v) is 2.65. The highest BCUT2D eigenvalue weighted by Crippen LogP contribution is 2.25. The lowest BCUT2D eigenvalue weighted by Gasteiger charge is -2.10. The molecule has 0 saturated heterocycles. The molecule has 1 rings (SSSR count). The van der Waals surface area contributed by atoms with Crippen LogP contribution in [-0.4, -0.2) is 36.5 Å². The Morgan fingerprint density at radius 3 is 2.65 bits per heavy atom. The molecule has 0 aliphatic rings. The topological polar surface area (TPSA) is 61.5 Å². The van der Waals surface area contributed by atoms with E-state index in [1.54, 1.807) is 18.2 Å². The highest BCUT2D eigenvalue weighted by atomic mass is 32.2. The molecule has 0 bridgehead atoms. The van der Waals surface area contributed by atoms with E-state index >= 15 is 0 Å². The van der Waals surface area contributed by atoms with Crippen LogP contribution in [0.1, 0.15) is 6.42 Å². The van der Waals surface area contributed by atoms with Crippen molar-refractivity contribution in [3.05, 3.63) is 18.2 Å². The van der Waals surface area contributed by atoms with Gasteiger partial charge in [-0.15, -0.1) is 0 Å². The van der Waals surface area contributed by atoms with E-state index in [0.717, 1.165) is 0 Å². The number of anilines is 1. The molecule has 1 aromatic rings. The maximum Gasteiger partial charge on any atom is 0.411 e. The summed E-state index contributed by atoms with van der Waals surface area (Å²) in [6.45, 7) is -1.38. The quantitative estimate of drug-likeness (QED) is 0.620. The van der Waals surface area contributed by atoms with E-state index in [1.807, 2.05) is 0 Å². The first-order chi connectivity index (χ1) is 9.33. The maximum absolute atomic E-state index is 12.0. The maximum atomic E-state index is 12.0. The van der Waals surface area contributed by atoms with E-state index in [-0.39, 0.29) is 18.8 Å². The molecule has 1 unspecified atom stereocenters. The Bertz CT molecular complexity index is 466. The molecule has 0 aliphatic heterocycles. The molecular formula is C12H16F3NO3S. The molecule has 1 atom stereocenters. The van der Waals surface area contributed by atoms with Crippen LogP contribution in [0.4, 0.5) is 18.9 Å². The first-order valence-electron chi connectivity index (χ1n) is 5.80. The van der Waals surface area contributed by atoms with Gasteiger partial charge in [0.15, 0.2) is 0 Å². The number of alkyl halides is 3. The summed E-state index contributed by atoms with van der Waals surface area (Å²) in [5.74, 6) is 0.595.